The van der Waals surface area contributed by atoms with Crippen LogP contribution in [-0.4, -0.2) is 4.98 Å². The molecular formula is C5H5N3. The van der Waals surface area contributed by atoms with Crippen molar-refractivity contribution in [1.29, 1.82) is 5.26 Å². The average Bonchev–Trinajstić information content (AvgIpc) is 2.14. The maximum atomic E-state index is 8.23. The van der Waals surface area contributed by atoms with Crippen molar-refractivity contribution in [3.8, 4) is 6.07 Å². The van der Waals surface area contributed by atoms with Gasteiger partial charge in [0.25, 0.3) is 0 Å². The van der Waals surface area contributed by atoms with Crippen molar-refractivity contribution >= 4 is 5.82 Å². The second kappa shape index (κ2) is 1.58. The van der Waals surface area contributed by atoms with Gasteiger partial charge >= 0.3 is 0 Å². The highest BCUT2D eigenvalue weighted by molar-refractivity contribution is 5.39. The number of anilines is 1. The van der Waals surface area contributed by atoms with Gasteiger partial charge in [0.05, 0.1) is 5.56 Å². The number of H-pyrrole nitrogens is 1. The molecule has 0 aromatic carbocycles. The molecule has 1 rings (SSSR count). The fourth-order valence-electron chi connectivity index (χ4n) is 0.476. The molecule has 1 aromatic rings. The SMILES string of the molecule is N#Cc1c[nH]c(N)c1. The molecule has 0 saturated heterocycles. The summed E-state index contributed by atoms with van der Waals surface area (Å²) in [6.45, 7) is 0. The zero-order valence-corrected chi connectivity index (χ0v) is 4.18. The predicted molar refractivity (Wildman–Crippen MR) is 29.9 cm³/mol. The molecule has 40 valence electrons. The first-order valence-corrected chi connectivity index (χ1v) is 2.17. The van der Waals surface area contributed by atoms with E-state index < -0.39 is 0 Å². The molecule has 3 N–H and O–H groups in total. The Bertz CT molecular complexity index is 218. The molecular weight excluding hydrogens is 102 g/mol. The van der Waals surface area contributed by atoms with E-state index in [9.17, 15) is 0 Å². The second-order valence-electron chi connectivity index (χ2n) is 1.46. The number of nitrogens with one attached hydrogen (secondary N) is 1. The van der Waals surface area contributed by atoms with E-state index >= 15 is 0 Å². The first kappa shape index (κ1) is 4.72. The minimum Gasteiger partial charge on any atom is -0.385 e. The summed E-state index contributed by atoms with van der Waals surface area (Å²) in [4.78, 5) is 2.67. The number of nitriles is 1. The Morgan fingerprint density at radius 2 is 2.50 bits per heavy atom. The molecule has 3 heteroatoms. The van der Waals surface area contributed by atoms with E-state index in [1.807, 2.05) is 6.07 Å². The molecule has 0 aliphatic carbocycles. The number of nitrogens with two attached hydrogens (primary N) is 1. The number of nitrogens with zero attached hydrogens (tertiary/aromatic N) is 1. The maximum Gasteiger partial charge on any atom is 0.101 e. The standard InChI is InChI=1S/C5H5N3/c6-2-4-1-5(7)8-3-4/h1,3,8H,7H2. The summed E-state index contributed by atoms with van der Waals surface area (Å²) in [6, 6.07) is 3.52. The average molecular weight is 107 g/mol. The van der Waals surface area contributed by atoms with Crippen molar-refractivity contribution in [1.82, 2.24) is 4.98 Å². The van der Waals surface area contributed by atoms with Crippen LogP contribution in [0.3, 0.4) is 0 Å². The number of aromatic amines is 1. The fourth-order valence-corrected chi connectivity index (χ4v) is 0.476. The van der Waals surface area contributed by atoms with Gasteiger partial charge in [0.2, 0.25) is 0 Å². The molecule has 0 fully saturated rings. The molecule has 0 unspecified atom stereocenters. The normalized spacial score (nSPS) is 8.38. The largest absolute Gasteiger partial charge is 0.385 e. The quantitative estimate of drug-likeness (QED) is 0.506. The monoisotopic (exact) mass is 107 g/mol. The molecule has 3 nitrogen and oxygen atoms in total. The highest BCUT2D eigenvalue weighted by atomic mass is 14.8. The molecule has 0 aliphatic heterocycles. The number of hydrogen-bond donors (Lipinski definition) is 2. The van der Waals surface area contributed by atoms with Crippen LogP contribution >= 0.6 is 0 Å². The van der Waals surface area contributed by atoms with Crippen LogP contribution in [0.5, 0.6) is 0 Å². The van der Waals surface area contributed by atoms with Crippen molar-refractivity contribution in [3.63, 3.8) is 0 Å². The third-order valence-corrected chi connectivity index (χ3v) is 0.834. The Morgan fingerprint density at radius 3 is 2.75 bits per heavy atom. The van der Waals surface area contributed by atoms with E-state index in [1.165, 1.54) is 0 Å². The third kappa shape index (κ3) is 0.636. The van der Waals surface area contributed by atoms with Gasteiger partial charge in [-0.1, -0.05) is 0 Å². The molecule has 0 atom stereocenters. The van der Waals surface area contributed by atoms with E-state index in [1.54, 1.807) is 12.3 Å². The number of rotatable bonds is 0. The summed E-state index contributed by atoms with van der Waals surface area (Å²) in [7, 11) is 0. The Hall–Kier alpha value is -1.43. The van der Waals surface area contributed by atoms with Gasteiger partial charge in [0, 0.05) is 6.20 Å². The van der Waals surface area contributed by atoms with Gasteiger partial charge in [-0.3, -0.25) is 0 Å². The van der Waals surface area contributed by atoms with Crippen LogP contribution in [0, 0.1) is 11.3 Å². The minimum absolute atomic E-state index is 0.529. The molecule has 0 saturated carbocycles. The lowest BCUT2D eigenvalue weighted by Crippen LogP contribution is -1.79. The van der Waals surface area contributed by atoms with E-state index in [2.05, 4.69) is 4.98 Å². The van der Waals surface area contributed by atoms with Crippen molar-refractivity contribution in [2.45, 2.75) is 0 Å². The summed E-state index contributed by atoms with van der Waals surface area (Å²) in [5, 5.41) is 8.23. The zero-order valence-electron chi connectivity index (χ0n) is 4.18. The van der Waals surface area contributed by atoms with Crippen molar-refractivity contribution in [3.05, 3.63) is 17.8 Å². The molecule has 0 radical (unpaired) electrons. The topological polar surface area (TPSA) is 65.6 Å². The predicted octanol–water partition coefficient (Wildman–Crippen LogP) is 0.469. The molecule has 0 bridgehead atoms. The minimum atomic E-state index is 0.529. The van der Waals surface area contributed by atoms with E-state index in [-0.39, 0.29) is 0 Å². The van der Waals surface area contributed by atoms with Gasteiger partial charge in [0.1, 0.15) is 11.9 Å². The van der Waals surface area contributed by atoms with Crippen LogP contribution in [0.15, 0.2) is 12.3 Å². The lowest BCUT2D eigenvalue weighted by atomic mass is 10.4. The molecule has 1 heterocycles. The number of hydrogen-bond acceptors (Lipinski definition) is 2. The van der Waals surface area contributed by atoms with E-state index in [0.29, 0.717) is 11.4 Å². The zero-order chi connectivity index (χ0) is 5.98. The Balaban J connectivity index is 3.05. The van der Waals surface area contributed by atoms with Gasteiger partial charge in [-0.05, 0) is 6.07 Å². The Labute approximate surface area is 46.7 Å². The van der Waals surface area contributed by atoms with Crippen LogP contribution in [0.25, 0.3) is 0 Å². The molecule has 0 aliphatic rings. The van der Waals surface area contributed by atoms with E-state index in [4.69, 9.17) is 11.0 Å². The molecule has 0 spiro atoms. The lowest BCUT2D eigenvalue weighted by molar-refractivity contribution is 1.40. The van der Waals surface area contributed by atoms with Gasteiger partial charge in [-0.15, -0.1) is 0 Å². The fraction of sp³-hybridized carbons (Fsp3) is 0. The summed E-state index contributed by atoms with van der Waals surface area (Å²) in [5.41, 5.74) is 5.82. The van der Waals surface area contributed by atoms with Crippen LogP contribution in [0.2, 0.25) is 0 Å². The summed E-state index contributed by atoms with van der Waals surface area (Å²) in [5.74, 6) is 0.529. The van der Waals surface area contributed by atoms with Gasteiger partial charge < -0.3 is 10.7 Å². The molecule has 1 aromatic heterocycles. The summed E-state index contributed by atoms with van der Waals surface area (Å²) < 4.78 is 0. The Kier molecular flexibility index (Phi) is 0.935. The Morgan fingerprint density at radius 1 is 1.75 bits per heavy atom. The van der Waals surface area contributed by atoms with Crippen LogP contribution < -0.4 is 5.73 Å². The van der Waals surface area contributed by atoms with Crippen molar-refractivity contribution in [2.75, 3.05) is 5.73 Å². The maximum absolute atomic E-state index is 8.23. The van der Waals surface area contributed by atoms with E-state index in [0.717, 1.165) is 0 Å². The van der Waals surface area contributed by atoms with Crippen LogP contribution in [0.1, 0.15) is 5.56 Å². The third-order valence-electron chi connectivity index (χ3n) is 0.834. The smallest absolute Gasteiger partial charge is 0.101 e. The number of aromatic nitrogens is 1. The number of nitrogen functional groups attached to an aromatic ring is 1. The van der Waals surface area contributed by atoms with Crippen molar-refractivity contribution < 1.29 is 0 Å². The second-order valence-corrected chi connectivity index (χ2v) is 1.46. The van der Waals surface area contributed by atoms with Gasteiger partial charge in [-0.2, -0.15) is 5.26 Å². The summed E-state index contributed by atoms with van der Waals surface area (Å²) >= 11 is 0. The van der Waals surface area contributed by atoms with Gasteiger partial charge in [-0.25, -0.2) is 0 Å². The van der Waals surface area contributed by atoms with Gasteiger partial charge in [0.15, 0.2) is 0 Å². The molecule has 8 heavy (non-hydrogen) atoms. The lowest BCUT2D eigenvalue weighted by Gasteiger charge is -1.72. The first-order valence-electron chi connectivity index (χ1n) is 2.17. The summed E-state index contributed by atoms with van der Waals surface area (Å²) in [6.07, 6.45) is 1.56. The van der Waals surface area contributed by atoms with Crippen molar-refractivity contribution in [2.24, 2.45) is 0 Å². The van der Waals surface area contributed by atoms with Crippen LogP contribution in [0.4, 0.5) is 5.82 Å². The highest BCUT2D eigenvalue weighted by Gasteiger charge is 1.89. The highest BCUT2D eigenvalue weighted by Crippen LogP contribution is 2.00. The van der Waals surface area contributed by atoms with Crippen LogP contribution in [-0.2, 0) is 0 Å². The first-order chi connectivity index (χ1) is 3.83. The molecule has 0 amide bonds.